The topological polar surface area (TPSA) is 34.1 Å². The van der Waals surface area contributed by atoms with E-state index in [0.717, 1.165) is 20.4 Å². The van der Waals surface area contributed by atoms with Gasteiger partial charge in [-0.15, -0.1) is 0 Å². The van der Waals surface area contributed by atoms with Gasteiger partial charge in [0.25, 0.3) is 0 Å². The molecule has 112 valence electrons. The van der Waals surface area contributed by atoms with Crippen LogP contribution in [-0.2, 0) is 6.54 Å². The summed E-state index contributed by atoms with van der Waals surface area (Å²) in [6, 6.07) is 10.4. The number of rotatable bonds is 6. The van der Waals surface area contributed by atoms with Gasteiger partial charge in [0.2, 0.25) is 0 Å². The number of benzene rings is 1. The zero-order valence-electron chi connectivity index (χ0n) is 12.1. The summed E-state index contributed by atoms with van der Waals surface area (Å²) < 4.78 is 7.43. The average Bonchev–Trinajstić information content (AvgIpc) is 2.47. The Morgan fingerprint density at radius 1 is 1.24 bits per heavy atom. The van der Waals surface area contributed by atoms with E-state index < -0.39 is 0 Å². The number of aromatic nitrogens is 1. The summed E-state index contributed by atoms with van der Waals surface area (Å²) in [5.74, 6) is 0.908. The van der Waals surface area contributed by atoms with Crippen LogP contribution in [0, 0.1) is 0 Å². The largest absolute Gasteiger partial charge is 0.494 e. The predicted octanol–water partition coefficient (Wildman–Crippen LogP) is 4.86. The van der Waals surface area contributed by atoms with Crippen LogP contribution in [-0.4, -0.2) is 11.6 Å². The minimum absolute atomic E-state index is 0.248. The van der Waals surface area contributed by atoms with Crippen molar-refractivity contribution in [1.29, 1.82) is 0 Å². The minimum Gasteiger partial charge on any atom is -0.494 e. The first-order chi connectivity index (χ1) is 10.1. The highest BCUT2D eigenvalue weighted by molar-refractivity contribution is 9.11. The lowest BCUT2D eigenvalue weighted by molar-refractivity contribution is 0.340. The van der Waals surface area contributed by atoms with Gasteiger partial charge in [-0.3, -0.25) is 4.98 Å². The van der Waals surface area contributed by atoms with Crippen LogP contribution in [0.25, 0.3) is 0 Å². The van der Waals surface area contributed by atoms with Crippen LogP contribution in [0.2, 0.25) is 0 Å². The first kappa shape index (κ1) is 16.5. The van der Waals surface area contributed by atoms with E-state index in [2.05, 4.69) is 61.2 Å². The van der Waals surface area contributed by atoms with Crippen LogP contribution in [0.4, 0.5) is 0 Å². The van der Waals surface area contributed by atoms with Crippen molar-refractivity contribution in [3.05, 3.63) is 56.7 Å². The van der Waals surface area contributed by atoms with Crippen LogP contribution in [0.3, 0.4) is 0 Å². The molecule has 5 heteroatoms. The number of pyridine rings is 1. The van der Waals surface area contributed by atoms with E-state index >= 15 is 0 Å². The van der Waals surface area contributed by atoms with Crippen molar-refractivity contribution in [2.24, 2.45) is 0 Å². The molecule has 1 heterocycles. The van der Waals surface area contributed by atoms with E-state index in [9.17, 15) is 0 Å². The van der Waals surface area contributed by atoms with Gasteiger partial charge in [-0.1, -0.05) is 12.1 Å². The van der Waals surface area contributed by atoms with Crippen molar-refractivity contribution < 1.29 is 4.74 Å². The quantitative estimate of drug-likeness (QED) is 0.734. The van der Waals surface area contributed by atoms with Gasteiger partial charge in [0, 0.05) is 27.7 Å². The van der Waals surface area contributed by atoms with E-state index in [1.165, 1.54) is 5.56 Å². The van der Waals surface area contributed by atoms with Gasteiger partial charge in [-0.2, -0.15) is 0 Å². The third-order valence-electron chi connectivity index (χ3n) is 3.15. The molecule has 0 aliphatic carbocycles. The molecular weight excluding hydrogens is 396 g/mol. The van der Waals surface area contributed by atoms with Crippen molar-refractivity contribution in [2.75, 3.05) is 6.61 Å². The molecule has 1 aromatic carbocycles. The Morgan fingerprint density at radius 2 is 1.95 bits per heavy atom. The summed E-state index contributed by atoms with van der Waals surface area (Å²) in [6.07, 6.45) is 1.81. The zero-order valence-corrected chi connectivity index (χ0v) is 15.2. The van der Waals surface area contributed by atoms with Gasteiger partial charge in [0.05, 0.1) is 12.3 Å². The molecule has 0 bridgehead atoms. The van der Waals surface area contributed by atoms with Crippen molar-refractivity contribution in [2.45, 2.75) is 26.4 Å². The summed E-state index contributed by atoms with van der Waals surface area (Å²) >= 11 is 6.94. The summed E-state index contributed by atoms with van der Waals surface area (Å²) in [6.45, 7) is 5.53. The van der Waals surface area contributed by atoms with E-state index in [1.54, 1.807) is 0 Å². The molecule has 0 saturated heterocycles. The fraction of sp³-hybridized carbons (Fsp3) is 0.312. The molecule has 0 spiro atoms. The van der Waals surface area contributed by atoms with Gasteiger partial charge in [0.15, 0.2) is 0 Å². The zero-order chi connectivity index (χ0) is 15.2. The average molecular weight is 414 g/mol. The number of hydrogen-bond donors (Lipinski definition) is 1. The van der Waals surface area contributed by atoms with Crippen LogP contribution >= 0.6 is 31.9 Å². The van der Waals surface area contributed by atoms with Gasteiger partial charge in [-0.05, 0) is 69.5 Å². The molecule has 2 aromatic rings. The van der Waals surface area contributed by atoms with Gasteiger partial charge in [0.1, 0.15) is 5.75 Å². The van der Waals surface area contributed by atoms with E-state index in [0.29, 0.717) is 13.2 Å². The fourth-order valence-electron chi connectivity index (χ4n) is 1.96. The number of halogens is 2. The third kappa shape index (κ3) is 4.80. The van der Waals surface area contributed by atoms with Crippen molar-refractivity contribution in [3.63, 3.8) is 0 Å². The maximum absolute atomic E-state index is 5.46. The highest BCUT2D eigenvalue weighted by Crippen LogP contribution is 2.21. The standard InChI is InChI=1S/C16H18Br2N2O/c1-3-21-14-6-4-12(5-7-14)11(2)19-10-16-15(18)8-13(17)9-20-16/h4-9,11,19H,3,10H2,1-2H3. The molecule has 3 nitrogen and oxygen atoms in total. The van der Waals surface area contributed by atoms with Crippen LogP contribution in [0.15, 0.2) is 45.5 Å². The molecular formula is C16H18Br2N2O. The number of ether oxygens (including phenoxy) is 1. The second kappa shape index (κ2) is 7.92. The second-order valence-electron chi connectivity index (χ2n) is 4.69. The van der Waals surface area contributed by atoms with E-state index in [4.69, 9.17) is 4.74 Å². The predicted molar refractivity (Wildman–Crippen MR) is 92.5 cm³/mol. The molecule has 0 fully saturated rings. The Labute approximate surface area is 142 Å². The number of nitrogens with one attached hydrogen (secondary N) is 1. The summed E-state index contributed by atoms with van der Waals surface area (Å²) in [4.78, 5) is 4.41. The third-order valence-corrected chi connectivity index (χ3v) is 4.27. The molecule has 0 aliphatic heterocycles. The summed E-state index contributed by atoms with van der Waals surface area (Å²) in [7, 11) is 0. The SMILES string of the molecule is CCOc1ccc(C(C)NCc2ncc(Br)cc2Br)cc1. The highest BCUT2D eigenvalue weighted by Gasteiger charge is 2.08. The Kier molecular flexibility index (Phi) is 6.21. The lowest BCUT2D eigenvalue weighted by Crippen LogP contribution is -2.19. The Morgan fingerprint density at radius 3 is 2.57 bits per heavy atom. The van der Waals surface area contributed by atoms with E-state index in [1.807, 2.05) is 31.3 Å². The Balaban J connectivity index is 1.96. The maximum atomic E-state index is 5.46. The first-order valence-corrected chi connectivity index (χ1v) is 8.44. The molecule has 1 N–H and O–H groups in total. The second-order valence-corrected chi connectivity index (χ2v) is 6.46. The monoisotopic (exact) mass is 412 g/mol. The Hall–Kier alpha value is -0.910. The molecule has 2 rings (SSSR count). The molecule has 1 atom stereocenters. The summed E-state index contributed by atoms with van der Waals surface area (Å²) in [5, 5.41) is 3.48. The lowest BCUT2D eigenvalue weighted by Gasteiger charge is -2.15. The molecule has 0 aliphatic rings. The number of hydrogen-bond acceptors (Lipinski definition) is 3. The maximum Gasteiger partial charge on any atom is 0.119 e. The van der Waals surface area contributed by atoms with Crippen LogP contribution < -0.4 is 10.1 Å². The number of nitrogens with zero attached hydrogens (tertiary/aromatic N) is 1. The lowest BCUT2D eigenvalue weighted by atomic mass is 10.1. The van der Waals surface area contributed by atoms with Crippen molar-refractivity contribution in [1.82, 2.24) is 10.3 Å². The van der Waals surface area contributed by atoms with Crippen molar-refractivity contribution in [3.8, 4) is 5.75 Å². The van der Waals surface area contributed by atoms with Gasteiger partial charge in [-0.25, -0.2) is 0 Å². The van der Waals surface area contributed by atoms with Crippen LogP contribution in [0.1, 0.15) is 31.1 Å². The molecule has 1 unspecified atom stereocenters. The van der Waals surface area contributed by atoms with Gasteiger partial charge < -0.3 is 10.1 Å². The summed E-state index contributed by atoms with van der Waals surface area (Å²) in [5.41, 5.74) is 2.22. The van der Waals surface area contributed by atoms with Crippen LogP contribution in [0.5, 0.6) is 5.75 Å². The smallest absolute Gasteiger partial charge is 0.119 e. The molecule has 0 radical (unpaired) electrons. The fourth-order valence-corrected chi connectivity index (χ4v) is 3.09. The van der Waals surface area contributed by atoms with Crippen molar-refractivity contribution >= 4 is 31.9 Å². The Bertz CT molecular complexity index is 587. The molecule has 21 heavy (non-hydrogen) atoms. The van der Waals surface area contributed by atoms with Gasteiger partial charge >= 0.3 is 0 Å². The minimum atomic E-state index is 0.248. The van der Waals surface area contributed by atoms with E-state index in [-0.39, 0.29) is 6.04 Å². The highest BCUT2D eigenvalue weighted by atomic mass is 79.9. The normalized spacial score (nSPS) is 12.2. The first-order valence-electron chi connectivity index (χ1n) is 6.86. The molecule has 1 aromatic heterocycles. The molecule has 0 saturated carbocycles. The molecule has 0 amide bonds.